The molecule has 1 aliphatic rings. The molecule has 0 radical (unpaired) electrons. The van der Waals surface area contributed by atoms with E-state index in [1.165, 1.54) is 5.56 Å². The van der Waals surface area contributed by atoms with Crippen LogP contribution in [0.2, 0.25) is 0 Å². The predicted molar refractivity (Wildman–Crippen MR) is 143 cm³/mol. The number of fused-ring (bicyclic) bond motifs is 2. The largest absolute Gasteiger partial charge is 0.491 e. The number of rotatable bonds is 7. The van der Waals surface area contributed by atoms with Crippen molar-refractivity contribution >= 4 is 22.9 Å². The fourth-order valence-corrected chi connectivity index (χ4v) is 4.66. The molecule has 0 fully saturated rings. The molecule has 7 nitrogen and oxygen atoms in total. The zero-order valence-corrected chi connectivity index (χ0v) is 22.4. The lowest BCUT2D eigenvalue weighted by atomic mass is 9.99. The van der Waals surface area contributed by atoms with Crippen molar-refractivity contribution < 1.29 is 19.1 Å². The summed E-state index contributed by atoms with van der Waals surface area (Å²) in [6, 6.07) is 11.9. The summed E-state index contributed by atoms with van der Waals surface area (Å²) in [5, 5.41) is 3.83. The fraction of sp³-hybridized carbons (Fsp3) is 0.448. The normalized spacial score (nSPS) is 13.4. The molecule has 7 heteroatoms. The lowest BCUT2D eigenvalue weighted by molar-refractivity contribution is 0.0546. The topological polar surface area (TPSA) is 72.8 Å². The van der Waals surface area contributed by atoms with Gasteiger partial charge in [0.2, 0.25) is 0 Å². The summed E-state index contributed by atoms with van der Waals surface area (Å²) in [5.74, 6) is 0.512. The number of aromatic nitrogens is 1. The Labute approximate surface area is 213 Å². The van der Waals surface area contributed by atoms with Gasteiger partial charge in [-0.15, -0.1) is 0 Å². The Morgan fingerprint density at radius 1 is 1.11 bits per heavy atom. The van der Waals surface area contributed by atoms with Crippen molar-refractivity contribution in [3.05, 3.63) is 53.1 Å². The van der Waals surface area contributed by atoms with E-state index in [0.29, 0.717) is 29.1 Å². The summed E-state index contributed by atoms with van der Waals surface area (Å²) >= 11 is 0. The summed E-state index contributed by atoms with van der Waals surface area (Å²) in [4.78, 5) is 28.8. The number of nitrogens with zero attached hydrogens (tertiary/aromatic N) is 2. The highest BCUT2D eigenvalue weighted by Crippen LogP contribution is 2.37. The minimum atomic E-state index is -0.671. The second kappa shape index (κ2) is 9.97. The molecule has 1 N–H and O–H groups in total. The lowest BCUT2D eigenvalue weighted by Gasteiger charge is -2.22. The standard InChI is InChI=1S/C29H37N3O4/c1-8-31(9-2)17-19-10-11-24-20(12-19)14-25(32(24)28(34)36-29(5,6)7)23-15-22(35-18(3)4)13-21-16-30-27(33)26(21)23/h10-15,18H,8-9,16-17H2,1-7H3,(H,30,33). The Balaban J connectivity index is 1.94. The molecule has 1 aromatic heterocycles. The highest BCUT2D eigenvalue weighted by molar-refractivity contribution is 6.07. The summed E-state index contributed by atoms with van der Waals surface area (Å²) < 4.78 is 13.4. The van der Waals surface area contributed by atoms with E-state index in [9.17, 15) is 9.59 Å². The van der Waals surface area contributed by atoms with E-state index in [1.54, 1.807) is 4.57 Å². The SMILES string of the molecule is CCN(CC)Cc1ccc2c(c1)cc(-c1cc(OC(C)C)cc3c1C(=O)NC3)n2C(=O)OC(C)(C)C. The molecule has 36 heavy (non-hydrogen) atoms. The van der Waals surface area contributed by atoms with Crippen molar-refractivity contribution in [3.8, 4) is 17.0 Å². The summed E-state index contributed by atoms with van der Waals surface area (Å²) in [5.41, 5.74) is 3.93. The van der Waals surface area contributed by atoms with Crippen LogP contribution in [-0.2, 0) is 17.8 Å². The maximum atomic E-state index is 13.5. The third-order valence-corrected chi connectivity index (χ3v) is 6.25. The van der Waals surface area contributed by atoms with E-state index in [-0.39, 0.29) is 12.0 Å². The van der Waals surface area contributed by atoms with Crippen LogP contribution in [0.15, 0.2) is 36.4 Å². The molecule has 4 rings (SSSR count). The highest BCUT2D eigenvalue weighted by Gasteiger charge is 2.29. The maximum absolute atomic E-state index is 13.5. The molecule has 0 bridgehead atoms. The Kier molecular flexibility index (Phi) is 7.14. The molecule has 2 aromatic carbocycles. The van der Waals surface area contributed by atoms with Gasteiger partial charge in [-0.05, 0) is 89.2 Å². The number of ether oxygens (including phenoxy) is 2. The first-order valence-electron chi connectivity index (χ1n) is 12.7. The van der Waals surface area contributed by atoms with E-state index in [2.05, 4.69) is 36.2 Å². The summed E-state index contributed by atoms with van der Waals surface area (Å²) in [7, 11) is 0. The van der Waals surface area contributed by atoms with E-state index in [4.69, 9.17) is 9.47 Å². The van der Waals surface area contributed by atoms with Gasteiger partial charge in [-0.1, -0.05) is 19.9 Å². The molecule has 1 amide bonds. The summed E-state index contributed by atoms with van der Waals surface area (Å²) in [6.45, 7) is 16.9. The van der Waals surface area contributed by atoms with E-state index in [0.717, 1.165) is 36.1 Å². The quantitative estimate of drug-likeness (QED) is 0.441. The smallest absolute Gasteiger partial charge is 0.419 e. The van der Waals surface area contributed by atoms with Crippen molar-refractivity contribution in [3.63, 3.8) is 0 Å². The van der Waals surface area contributed by atoms with Crippen molar-refractivity contribution in [2.75, 3.05) is 13.1 Å². The monoisotopic (exact) mass is 491 g/mol. The van der Waals surface area contributed by atoms with Gasteiger partial charge < -0.3 is 14.8 Å². The number of benzene rings is 2. The fourth-order valence-electron chi connectivity index (χ4n) is 4.66. The van der Waals surface area contributed by atoms with Gasteiger partial charge in [0.25, 0.3) is 5.91 Å². The van der Waals surface area contributed by atoms with Crippen molar-refractivity contribution in [2.45, 2.75) is 73.3 Å². The first-order valence-corrected chi connectivity index (χ1v) is 12.7. The Morgan fingerprint density at radius 3 is 2.47 bits per heavy atom. The molecule has 0 saturated heterocycles. The number of carbonyl (C=O) groups excluding carboxylic acids is 2. The number of hydrogen-bond acceptors (Lipinski definition) is 5. The maximum Gasteiger partial charge on any atom is 0.419 e. The Bertz CT molecular complexity index is 1300. The molecule has 2 heterocycles. The van der Waals surface area contributed by atoms with Crippen LogP contribution < -0.4 is 10.1 Å². The van der Waals surface area contributed by atoms with Gasteiger partial charge in [-0.3, -0.25) is 9.69 Å². The highest BCUT2D eigenvalue weighted by atomic mass is 16.6. The van der Waals surface area contributed by atoms with Crippen LogP contribution in [0.5, 0.6) is 5.75 Å². The molecule has 0 unspecified atom stereocenters. The molecular formula is C29H37N3O4. The lowest BCUT2D eigenvalue weighted by Crippen LogP contribution is -2.27. The van der Waals surface area contributed by atoms with E-state index in [1.807, 2.05) is 58.9 Å². The second-order valence-electron chi connectivity index (χ2n) is 10.6. The molecule has 0 saturated carbocycles. The van der Waals surface area contributed by atoms with Crippen molar-refractivity contribution in [2.24, 2.45) is 0 Å². The third-order valence-electron chi connectivity index (χ3n) is 6.25. The van der Waals surface area contributed by atoms with Crippen LogP contribution in [0, 0.1) is 0 Å². The molecule has 3 aromatic rings. The van der Waals surface area contributed by atoms with Gasteiger partial charge in [-0.2, -0.15) is 0 Å². The van der Waals surface area contributed by atoms with Gasteiger partial charge in [0.15, 0.2) is 0 Å². The van der Waals surface area contributed by atoms with Gasteiger partial charge in [0.1, 0.15) is 11.4 Å². The minimum absolute atomic E-state index is 0.0275. The zero-order valence-electron chi connectivity index (χ0n) is 22.4. The Morgan fingerprint density at radius 2 is 1.83 bits per heavy atom. The van der Waals surface area contributed by atoms with Crippen LogP contribution in [-0.4, -0.2) is 46.3 Å². The van der Waals surface area contributed by atoms with Gasteiger partial charge >= 0.3 is 6.09 Å². The van der Waals surface area contributed by atoms with Crippen molar-refractivity contribution in [1.82, 2.24) is 14.8 Å². The van der Waals surface area contributed by atoms with Crippen LogP contribution in [0.1, 0.15) is 70.0 Å². The zero-order chi connectivity index (χ0) is 26.2. The molecule has 0 spiro atoms. The molecular weight excluding hydrogens is 454 g/mol. The van der Waals surface area contributed by atoms with Crippen LogP contribution in [0.4, 0.5) is 4.79 Å². The van der Waals surface area contributed by atoms with E-state index < -0.39 is 11.7 Å². The number of hydrogen-bond donors (Lipinski definition) is 1. The van der Waals surface area contributed by atoms with E-state index >= 15 is 0 Å². The molecule has 0 aliphatic carbocycles. The van der Waals surface area contributed by atoms with Gasteiger partial charge in [0.05, 0.1) is 22.9 Å². The molecule has 1 aliphatic heterocycles. The number of nitrogens with one attached hydrogen (secondary N) is 1. The summed E-state index contributed by atoms with van der Waals surface area (Å²) in [6.07, 6.45) is -0.508. The average molecular weight is 492 g/mol. The Hall–Kier alpha value is -3.32. The first kappa shape index (κ1) is 25.8. The van der Waals surface area contributed by atoms with Crippen LogP contribution >= 0.6 is 0 Å². The second-order valence-corrected chi connectivity index (χ2v) is 10.6. The molecule has 192 valence electrons. The van der Waals surface area contributed by atoms with Crippen molar-refractivity contribution in [1.29, 1.82) is 0 Å². The number of carbonyl (C=O) groups is 2. The molecule has 0 atom stereocenters. The first-order chi connectivity index (χ1) is 17.0. The average Bonchev–Trinajstić information content (AvgIpc) is 3.35. The predicted octanol–water partition coefficient (Wildman–Crippen LogP) is 5.96. The number of amides is 1. The van der Waals surface area contributed by atoms with Crippen LogP contribution in [0.3, 0.4) is 0 Å². The van der Waals surface area contributed by atoms with Gasteiger partial charge in [0, 0.05) is 24.0 Å². The third kappa shape index (κ3) is 5.26. The van der Waals surface area contributed by atoms with Gasteiger partial charge in [-0.25, -0.2) is 9.36 Å². The van der Waals surface area contributed by atoms with Crippen LogP contribution in [0.25, 0.3) is 22.2 Å². The minimum Gasteiger partial charge on any atom is -0.491 e.